The summed E-state index contributed by atoms with van der Waals surface area (Å²) in [5.41, 5.74) is 6.00. The Morgan fingerprint density at radius 2 is 1.57 bits per heavy atom. The van der Waals surface area contributed by atoms with Gasteiger partial charge in [0.25, 0.3) is 0 Å². The molecule has 2 N–H and O–H groups in total. The lowest BCUT2D eigenvalue weighted by molar-refractivity contribution is -0.127. The maximum Gasteiger partial charge on any atom is 0.234 e. The first-order valence-corrected chi connectivity index (χ1v) is 7.72. The number of carbonyl (C=O) groups excluding carboxylic acids is 1. The van der Waals surface area contributed by atoms with Crippen molar-refractivity contribution >= 4 is 11.6 Å². The first-order chi connectivity index (χ1) is 10.9. The molecule has 0 aliphatic rings. The van der Waals surface area contributed by atoms with E-state index in [9.17, 15) is 4.79 Å². The molecule has 0 radical (unpaired) electrons. The highest BCUT2D eigenvalue weighted by Crippen LogP contribution is 2.41. The van der Waals surface area contributed by atoms with Crippen molar-refractivity contribution < 1.29 is 19.0 Å². The lowest BCUT2D eigenvalue weighted by Gasteiger charge is -2.33. The second-order valence-electron chi connectivity index (χ2n) is 5.44. The van der Waals surface area contributed by atoms with Gasteiger partial charge in [-0.05, 0) is 12.8 Å². The molecule has 6 nitrogen and oxygen atoms in total. The van der Waals surface area contributed by atoms with Gasteiger partial charge in [-0.15, -0.1) is 0 Å². The molecule has 0 aliphatic carbocycles. The van der Waals surface area contributed by atoms with Gasteiger partial charge in [-0.2, -0.15) is 0 Å². The molecule has 130 valence electrons. The van der Waals surface area contributed by atoms with E-state index in [0.29, 0.717) is 42.3 Å². The van der Waals surface area contributed by atoms with E-state index in [0.717, 1.165) is 0 Å². The highest BCUT2D eigenvalue weighted by atomic mass is 16.5. The van der Waals surface area contributed by atoms with Gasteiger partial charge < -0.3 is 24.8 Å². The van der Waals surface area contributed by atoms with Crippen LogP contribution in [0.5, 0.6) is 17.2 Å². The van der Waals surface area contributed by atoms with Crippen LogP contribution in [-0.4, -0.2) is 40.8 Å². The predicted molar refractivity (Wildman–Crippen MR) is 91.6 cm³/mol. The molecule has 0 atom stereocenters. The molecule has 0 saturated carbocycles. The van der Waals surface area contributed by atoms with Gasteiger partial charge >= 0.3 is 0 Å². The number of methoxy groups -OCH3 is 3. The van der Waals surface area contributed by atoms with Crippen molar-refractivity contribution in [1.29, 1.82) is 0 Å². The summed E-state index contributed by atoms with van der Waals surface area (Å²) in [7, 11) is 6.37. The van der Waals surface area contributed by atoms with E-state index in [1.165, 1.54) is 0 Å². The van der Waals surface area contributed by atoms with Gasteiger partial charge in [-0.3, -0.25) is 4.79 Å². The first-order valence-electron chi connectivity index (χ1n) is 7.72. The molecule has 0 heterocycles. The second-order valence-corrected chi connectivity index (χ2v) is 5.44. The molecule has 1 amide bonds. The number of amides is 1. The molecule has 0 fully saturated rings. The topological polar surface area (TPSA) is 74.0 Å². The van der Waals surface area contributed by atoms with Crippen molar-refractivity contribution in [1.82, 2.24) is 0 Å². The molecule has 0 saturated heterocycles. The zero-order chi connectivity index (χ0) is 17.6. The minimum Gasteiger partial charge on any atom is -0.493 e. The predicted octanol–water partition coefficient (Wildman–Crippen LogP) is 2.44. The highest BCUT2D eigenvalue weighted by molar-refractivity contribution is 5.97. The van der Waals surface area contributed by atoms with Gasteiger partial charge in [-0.25, -0.2) is 0 Å². The van der Waals surface area contributed by atoms with Crippen LogP contribution in [-0.2, 0) is 4.79 Å². The first kappa shape index (κ1) is 19.1. The van der Waals surface area contributed by atoms with E-state index in [-0.39, 0.29) is 5.91 Å². The van der Waals surface area contributed by atoms with E-state index in [2.05, 4.69) is 0 Å². The van der Waals surface area contributed by atoms with Gasteiger partial charge in [0.15, 0.2) is 11.5 Å². The van der Waals surface area contributed by atoms with Crippen molar-refractivity contribution in [3.8, 4) is 17.2 Å². The van der Waals surface area contributed by atoms with Gasteiger partial charge in [0, 0.05) is 25.7 Å². The third-order valence-corrected chi connectivity index (χ3v) is 4.54. The van der Waals surface area contributed by atoms with Crippen LogP contribution in [0, 0.1) is 5.41 Å². The van der Waals surface area contributed by atoms with Crippen LogP contribution < -0.4 is 24.8 Å². The summed E-state index contributed by atoms with van der Waals surface area (Å²) >= 11 is 0. The number of rotatable bonds is 8. The van der Waals surface area contributed by atoms with Gasteiger partial charge in [0.2, 0.25) is 11.7 Å². The quantitative estimate of drug-likeness (QED) is 0.795. The van der Waals surface area contributed by atoms with Gasteiger partial charge in [0.05, 0.1) is 32.4 Å². The van der Waals surface area contributed by atoms with Crippen molar-refractivity contribution in [2.75, 3.05) is 39.8 Å². The number of carbonyl (C=O) groups is 1. The number of hydrogen-bond donors (Lipinski definition) is 1. The van der Waals surface area contributed by atoms with Crippen LogP contribution in [0.2, 0.25) is 0 Å². The number of nitrogens with zero attached hydrogens (tertiary/aromatic N) is 1. The fourth-order valence-corrected chi connectivity index (χ4v) is 2.66. The molecule has 1 rings (SSSR count). The third-order valence-electron chi connectivity index (χ3n) is 4.54. The highest BCUT2D eigenvalue weighted by Gasteiger charge is 2.36. The number of ether oxygens (including phenoxy) is 3. The third kappa shape index (κ3) is 3.52. The van der Waals surface area contributed by atoms with Crippen molar-refractivity contribution in [2.45, 2.75) is 26.7 Å². The second kappa shape index (κ2) is 8.06. The molecule has 0 bridgehead atoms. The number of anilines is 1. The van der Waals surface area contributed by atoms with E-state index in [4.69, 9.17) is 19.9 Å². The van der Waals surface area contributed by atoms with Crippen LogP contribution >= 0.6 is 0 Å². The average Bonchev–Trinajstić information content (AvgIpc) is 2.61. The molecule has 0 spiro atoms. The molecule has 0 aromatic heterocycles. The monoisotopic (exact) mass is 324 g/mol. The minimum absolute atomic E-state index is 0.0146. The molecule has 0 unspecified atom stereocenters. The van der Waals surface area contributed by atoms with E-state index >= 15 is 0 Å². The van der Waals surface area contributed by atoms with Crippen LogP contribution in [0.4, 0.5) is 5.69 Å². The molecular weight excluding hydrogens is 296 g/mol. The maximum atomic E-state index is 12.9. The Kier molecular flexibility index (Phi) is 6.69. The molecule has 6 heteroatoms. The normalized spacial score (nSPS) is 11.1. The summed E-state index contributed by atoms with van der Waals surface area (Å²) in [4.78, 5) is 14.5. The fourth-order valence-electron chi connectivity index (χ4n) is 2.66. The standard InChI is InChI=1S/C17H28N2O4/c1-7-17(8-2,11-18)16(20)19(3)12-9-13(21-4)15(23-6)14(10-12)22-5/h9-10H,7-8,11,18H2,1-6H3. The summed E-state index contributed by atoms with van der Waals surface area (Å²) in [5.74, 6) is 1.50. The van der Waals surface area contributed by atoms with Crippen LogP contribution in [0.15, 0.2) is 12.1 Å². The molecular formula is C17H28N2O4. The minimum atomic E-state index is -0.560. The Hall–Kier alpha value is -1.95. The lowest BCUT2D eigenvalue weighted by atomic mass is 9.81. The van der Waals surface area contributed by atoms with Crippen molar-refractivity contribution in [3.63, 3.8) is 0 Å². The summed E-state index contributed by atoms with van der Waals surface area (Å²) in [6, 6.07) is 3.51. The van der Waals surface area contributed by atoms with E-state index in [1.54, 1.807) is 45.4 Å². The Labute approximate surface area is 138 Å². The zero-order valence-electron chi connectivity index (χ0n) is 14.9. The van der Waals surface area contributed by atoms with Crippen LogP contribution in [0.25, 0.3) is 0 Å². The Bertz CT molecular complexity index is 508. The van der Waals surface area contributed by atoms with Crippen molar-refractivity contribution in [2.24, 2.45) is 11.1 Å². The molecule has 0 aliphatic heterocycles. The zero-order valence-corrected chi connectivity index (χ0v) is 14.9. The average molecular weight is 324 g/mol. The Morgan fingerprint density at radius 3 is 1.87 bits per heavy atom. The summed E-state index contributed by atoms with van der Waals surface area (Å²) < 4.78 is 16.0. The van der Waals surface area contributed by atoms with E-state index < -0.39 is 5.41 Å². The molecule has 1 aromatic carbocycles. The SMILES string of the molecule is CCC(CC)(CN)C(=O)N(C)c1cc(OC)c(OC)c(OC)c1. The maximum absolute atomic E-state index is 12.9. The van der Waals surface area contributed by atoms with Gasteiger partial charge in [-0.1, -0.05) is 13.8 Å². The van der Waals surface area contributed by atoms with Crippen LogP contribution in [0.1, 0.15) is 26.7 Å². The molecule has 23 heavy (non-hydrogen) atoms. The summed E-state index contributed by atoms with van der Waals surface area (Å²) in [6.45, 7) is 4.28. The van der Waals surface area contributed by atoms with Gasteiger partial charge in [0.1, 0.15) is 0 Å². The van der Waals surface area contributed by atoms with E-state index in [1.807, 2.05) is 13.8 Å². The largest absolute Gasteiger partial charge is 0.493 e. The lowest BCUT2D eigenvalue weighted by Crippen LogP contribution is -2.46. The summed E-state index contributed by atoms with van der Waals surface area (Å²) in [5, 5.41) is 0. The Morgan fingerprint density at radius 1 is 1.09 bits per heavy atom. The number of nitrogens with two attached hydrogens (primary N) is 1. The smallest absolute Gasteiger partial charge is 0.234 e. The fraction of sp³-hybridized carbons (Fsp3) is 0.588. The van der Waals surface area contributed by atoms with Crippen LogP contribution in [0.3, 0.4) is 0 Å². The molecule has 1 aromatic rings. The van der Waals surface area contributed by atoms with Crippen molar-refractivity contribution in [3.05, 3.63) is 12.1 Å². The Balaban J connectivity index is 3.32. The number of benzene rings is 1. The number of hydrogen-bond acceptors (Lipinski definition) is 5. The summed E-state index contributed by atoms with van der Waals surface area (Å²) in [6.07, 6.45) is 1.38.